The van der Waals surface area contributed by atoms with E-state index in [2.05, 4.69) is 6.92 Å². The molecule has 79 valence electrons. The maximum absolute atomic E-state index is 8.42. The molecule has 0 aromatic carbocycles. The van der Waals surface area contributed by atoms with Crippen molar-refractivity contribution in [2.24, 2.45) is 0 Å². The van der Waals surface area contributed by atoms with Gasteiger partial charge in [-0.2, -0.15) is 0 Å². The quantitative estimate of drug-likeness (QED) is 0.426. The summed E-state index contributed by atoms with van der Waals surface area (Å²) >= 11 is 0. The van der Waals surface area contributed by atoms with E-state index in [0.29, 0.717) is 6.61 Å². The third-order valence-electron chi connectivity index (χ3n) is 1.01. The normalized spacial score (nSPS) is 7.75. The monoisotopic (exact) mass is 224 g/mol. The van der Waals surface area contributed by atoms with Gasteiger partial charge in [0.15, 0.2) is 0 Å². The maximum atomic E-state index is 8.42. The number of rotatable bonds is 4. The Labute approximate surface area is 84.3 Å². The first-order valence-electron chi connectivity index (χ1n) is 3.73. The summed E-state index contributed by atoms with van der Waals surface area (Å²) in [5.41, 5.74) is 0. The van der Waals surface area contributed by atoms with E-state index in [-0.39, 0.29) is 17.1 Å². The minimum absolute atomic E-state index is 0. The minimum atomic E-state index is -2.92. The molecule has 0 aliphatic carbocycles. The third-order valence-corrected chi connectivity index (χ3v) is 1.01. The largest absolute Gasteiger partial charge is 0.907 e. The zero-order valence-electron chi connectivity index (χ0n) is 7.09. The Balaban J connectivity index is -0.000000142. The average molecular weight is 225 g/mol. The van der Waals surface area contributed by atoms with Crippen molar-refractivity contribution in [3.05, 3.63) is 0 Å². The summed E-state index contributed by atoms with van der Waals surface area (Å²) in [6.07, 6.45) is 4.68. The fourth-order valence-corrected chi connectivity index (χ4v) is 0.539. The molecule has 0 saturated heterocycles. The summed E-state index contributed by atoms with van der Waals surface area (Å²) in [6, 6.07) is 0. The van der Waals surface area contributed by atoms with Gasteiger partial charge in [0, 0.05) is 23.7 Å². The first-order valence-corrected chi connectivity index (χ1v) is 3.73. The van der Waals surface area contributed by atoms with Crippen LogP contribution in [-0.4, -0.2) is 19.0 Å². The fraction of sp³-hybridized carbons (Fsp3) is 1.00. The Kier molecular flexibility index (Phi) is 26.6. The predicted molar refractivity (Wildman–Crippen MR) is 37.0 cm³/mol. The van der Waals surface area contributed by atoms with Crippen LogP contribution in [0.5, 0.6) is 0 Å². The first-order chi connectivity index (χ1) is 5.15. The van der Waals surface area contributed by atoms with E-state index in [0.717, 1.165) is 6.42 Å². The van der Waals surface area contributed by atoms with Gasteiger partial charge in [-0.3, -0.25) is 7.32 Å². The van der Waals surface area contributed by atoms with Crippen LogP contribution in [0.3, 0.4) is 0 Å². The number of aliphatic hydroxyl groups is 1. The van der Waals surface area contributed by atoms with E-state index in [1.165, 1.54) is 19.3 Å². The molecule has 0 aliphatic rings. The Morgan fingerprint density at radius 3 is 1.75 bits per heavy atom. The van der Waals surface area contributed by atoms with Crippen LogP contribution < -0.4 is 15.1 Å². The second-order valence-electron chi connectivity index (χ2n) is 2.07. The molecular weight excluding hydrogens is 210 g/mol. The van der Waals surface area contributed by atoms with Crippen LogP contribution in [0.15, 0.2) is 0 Å². The van der Waals surface area contributed by atoms with Gasteiger partial charge in [-0.1, -0.05) is 26.2 Å². The van der Waals surface area contributed by atoms with Gasteiger partial charge in [0.25, 0.3) is 0 Å². The van der Waals surface area contributed by atoms with Crippen molar-refractivity contribution in [1.82, 2.24) is 0 Å². The van der Waals surface area contributed by atoms with Gasteiger partial charge in [0.1, 0.15) is 0 Å². The molecular formula is C6H14BCuO4-3. The Morgan fingerprint density at radius 2 is 1.50 bits per heavy atom. The molecule has 6 heteroatoms. The summed E-state index contributed by atoms with van der Waals surface area (Å²) in [6.45, 7) is 2.53. The zero-order valence-corrected chi connectivity index (χ0v) is 8.03. The minimum Gasteiger partial charge on any atom is -0.907 e. The zero-order chi connectivity index (χ0) is 9.11. The van der Waals surface area contributed by atoms with Crippen LogP contribution in [0, 0.1) is 0 Å². The van der Waals surface area contributed by atoms with E-state index in [4.69, 9.17) is 20.2 Å². The van der Waals surface area contributed by atoms with Crippen molar-refractivity contribution >= 4 is 7.32 Å². The van der Waals surface area contributed by atoms with E-state index >= 15 is 0 Å². The molecule has 4 nitrogen and oxygen atoms in total. The van der Waals surface area contributed by atoms with Crippen LogP contribution in [0.25, 0.3) is 0 Å². The van der Waals surface area contributed by atoms with Gasteiger partial charge in [-0.15, -0.1) is 0 Å². The fourth-order valence-electron chi connectivity index (χ4n) is 0.539. The van der Waals surface area contributed by atoms with Gasteiger partial charge in [-0.25, -0.2) is 0 Å². The van der Waals surface area contributed by atoms with Crippen LogP contribution in [0.2, 0.25) is 0 Å². The number of hydrogen-bond donors (Lipinski definition) is 1. The van der Waals surface area contributed by atoms with Crippen LogP contribution in [-0.2, 0) is 17.1 Å². The van der Waals surface area contributed by atoms with E-state index in [9.17, 15) is 0 Å². The summed E-state index contributed by atoms with van der Waals surface area (Å²) in [5, 5.41) is 33.5. The molecule has 0 atom stereocenters. The number of aliphatic hydroxyl groups excluding tert-OH is 1. The Hall–Kier alpha value is 0.424. The second kappa shape index (κ2) is 17.5. The second-order valence-corrected chi connectivity index (χ2v) is 2.07. The Bertz CT molecular complexity index is 58.8. The summed E-state index contributed by atoms with van der Waals surface area (Å²) < 4.78 is 0. The molecule has 0 aliphatic heterocycles. The molecule has 0 bridgehead atoms. The summed E-state index contributed by atoms with van der Waals surface area (Å²) in [4.78, 5) is 0. The molecule has 0 fully saturated rings. The van der Waals surface area contributed by atoms with Crippen molar-refractivity contribution in [2.75, 3.05) is 6.61 Å². The smallest absolute Gasteiger partial charge is 0.0431 e. The molecule has 0 aromatic rings. The topological polar surface area (TPSA) is 89.4 Å². The molecule has 1 radical (unpaired) electrons. The maximum Gasteiger partial charge on any atom is 0.0431 e. The van der Waals surface area contributed by atoms with Gasteiger partial charge in [0.05, 0.1) is 0 Å². The number of unbranched alkanes of at least 4 members (excludes halogenated alkanes) is 3. The predicted octanol–water partition coefficient (Wildman–Crippen LogP) is -2.39. The standard InChI is InChI=1S/C6H14O.BO3.Cu/c1-2-3-4-5-6-7;2-1(3)4;/h7H,2-6H2,1H3;;/q;-3;. The molecule has 0 heterocycles. The van der Waals surface area contributed by atoms with Crippen molar-refractivity contribution < 1.29 is 37.2 Å². The van der Waals surface area contributed by atoms with Crippen LogP contribution in [0.1, 0.15) is 32.6 Å². The van der Waals surface area contributed by atoms with Gasteiger partial charge in [-0.05, 0) is 6.42 Å². The molecule has 0 aromatic heterocycles. The van der Waals surface area contributed by atoms with Crippen molar-refractivity contribution in [1.29, 1.82) is 0 Å². The van der Waals surface area contributed by atoms with Crippen molar-refractivity contribution in [3.8, 4) is 0 Å². The summed E-state index contributed by atoms with van der Waals surface area (Å²) in [7, 11) is -2.92. The molecule has 0 amide bonds. The third kappa shape index (κ3) is 47.3. The molecule has 0 unspecified atom stereocenters. The van der Waals surface area contributed by atoms with E-state index in [1.807, 2.05) is 0 Å². The van der Waals surface area contributed by atoms with Gasteiger partial charge < -0.3 is 20.2 Å². The SMILES string of the molecule is CCCCCCO.[Cu].[O-]B([O-])[O-]. The van der Waals surface area contributed by atoms with E-state index < -0.39 is 7.32 Å². The molecule has 0 spiro atoms. The molecule has 1 N–H and O–H groups in total. The Morgan fingerprint density at radius 1 is 1.08 bits per heavy atom. The van der Waals surface area contributed by atoms with Crippen molar-refractivity contribution in [3.63, 3.8) is 0 Å². The molecule has 12 heavy (non-hydrogen) atoms. The number of hydrogen-bond acceptors (Lipinski definition) is 4. The first kappa shape index (κ1) is 18.3. The average Bonchev–Trinajstić information content (AvgIpc) is 1.88. The van der Waals surface area contributed by atoms with Crippen LogP contribution in [0.4, 0.5) is 0 Å². The summed E-state index contributed by atoms with van der Waals surface area (Å²) in [5.74, 6) is 0. The molecule has 0 saturated carbocycles. The van der Waals surface area contributed by atoms with Crippen molar-refractivity contribution in [2.45, 2.75) is 32.6 Å². The van der Waals surface area contributed by atoms with Gasteiger partial charge >= 0.3 is 0 Å². The van der Waals surface area contributed by atoms with Crippen LogP contribution >= 0.6 is 0 Å². The van der Waals surface area contributed by atoms with Gasteiger partial charge in [0.2, 0.25) is 0 Å². The van der Waals surface area contributed by atoms with E-state index in [1.54, 1.807) is 0 Å². The molecule has 0 rings (SSSR count).